The van der Waals surface area contributed by atoms with Gasteiger partial charge in [-0.05, 0) is 16.3 Å². The molecule has 3 heteroatoms. The van der Waals surface area contributed by atoms with E-state index in [0.29, 0.717) is 5.56 Å². The van der Waals surface area contributed by atoms with Crippen LogP contribution in [0.2, 0.25) is 0 Å². The molecule has 0 aromatic heterocycles. The minimum absolute atomic E-state index is 0.289. The highest BCUT2D eigenvalue weighted by atomic mass is 16.6. The molecule has 0 saturated carbocycles. The van der Waals surface area contributed by atoms with Gasteiger partial charge in [0.05, 0.1) is 5.57 Å². The Labute approximate surface area is 109 Å². The van der Waals surface area contributed by atoms with E-state index in [1.54, 1.807) is 6.08 Å². The van der Waals surface area contributed by atoms with Crippen LogP contribution in [0.4, 0.5) is 0 Å². The number of carbonyl (C=O) groups is 2. The summed E-state index contributed by atoms with van der Waals surface area (Å²) in [5.74, 6) is -1.23. The van der Waals surface area contributed by atoms with Crippen LogP contribution in [-0.2, 0) is 14.3 Å². The van der Waals surface area contributed by atoms with Crippen molar-refractivity contribution in [2.75, 3.05) is 0 Å². The van der Waals surface area contributed by atoms with E-state index in [0.717, 1.165) is 16.3 Å². The summed E-state index contributed by atoms with van der Waals surface area (Å²) in [7, 11) is 0. The molecule has 0 N–H and O–H groups in total. The fraction of sp³-hybridized carbons (Fsp3) is 0. The Morgan fingerprint density at radius 2 is 1.84 bits per heavy atom. The van der Waals surface area contributed by atoms with Crippen molar-refractivity contribution in [3.05, 3.63) is 60.2 Å². The lowest BCUT2D eigenvalue weighted by Crippen LogP contribution is -2.02. The second-order valence-corrected chi connectivity index (χ2v) is 4.22. The van der Waals surface area contributed by atoms with Gasteiger partial charge in [0.2, 0.25) is 0 Å². The average molecular weight is 250 g/mol. The smallest absolute Gasteiger partial charge is 0.346 e. The van der Waals surface area contributed by atoms with Crippen LogP contribution in [0.1, 0.15) is 11.1 Å². The molecule has 1 aliphatic rings. The van der Waals surface area contributed by atoms with Gasteiger partial charge in [-0.25, -0.2) is 9.59 Å². The topological polar surface area (TPSA) is 43.4 Å². The van der Waals surface area contributed by atoms with Gasteiger partial charge in [0.25, 0.3) is 0 Å². The molecule has 3 nitrogen and oxygen atoms in total. The zero-order chi connectivity index (χ0) is 13.4. The summed E-state index contributed by atoms with van der Waals surface area (Å²) in [5, 5.41) is 1.90. The van der Waals surface area contributed by atoms with Crippen LogP contribution in [0.5, 0.6) is 0 Å². The van der Waals surface area contributed by atoms with Gasteiger partial charge in [0.15, 0.2) is 0 Å². The number of hydrogen-bond donors (Lipinski definition) is 0. The van der Waals surface area contributed by atoms with Crippen LogP contribution in [0, 0.1) is 0 Å². The molecule has 3 rings (SSSR count). The summed E-state index contributed by atoms with van der Waals surface area (Å²) in [6.07, 6.45) is 2.90. The third-order valence-electron chi connectivity index (χ3n) is 3.13. The van der Waals surface area contributed by atoms with E-state index in [9.17, 15) is 9.59 Å². The lowest BCUT2D eigenvalue weighted by atomic mass is 9.93. The number of carbonyl (C=O) groups excluding carboxylic acids is 2. The molecule has 92 valence electrons. The van der Waals surface area contributed by atoms with E-state index >= 15 is 0 Å². The van der Waals surface area contributed by atoms with Crippen LogP contribution >= 0.6 is 0 Å². The van der Waals surface area contributed by atoms with Crippen molar-refractivity contribution in [2.24, 2.45) is 0 Å². The largest absolute Gasteiger partial charge is 0.386 e. The van der Waals surface area contributed by atoms with E-state index in [1.165, 1.54) is 6.08 Å². The van der Waals surface area contributed by atoms with E-state index in [2.05, 4.69) is 11.3 Å². The van der Waals surface area contributed by atoms with Crippen molar-refractivity contribution in [3.63, 3.8) is 0 Å². The molecule has 0 fully saturated rings. The molecule has 0 atom stereocenters. The third-order valence-corrected chi connectivity index (χ3v) is 3.13. The minimum atomic E-state index is -0.622. The number of hydrogen-bond acceptors (Lipinski definition) is 3. The van der Waals surface area contributed by atoms with Crippen molar-refractivity contribution in [2.45, 2.75) is 0 Å². The molecule has 0 bridgehead atoms. The van der Waals surface area contributed by atoms with E-state index in [4.69, 9.17) is 0 Å². The van der Waals surface area contributed by atoms with Gasteiger partial charge in [-0.15, -0.1) is 0 Å². The van der Waals surface area contributed by atoms with Crippen LogP contribution < -0.4 is 0 Å². The minimum Gasteiger partial charge on any atom is -0.386 e. The second-order valence-electron chi connectivity index (χ2n) is 4.22. The van der Waals surface area contributed by atoms with Gasteiger partial charge >= 0.3 is 11.9 Å². The molecule has 0 aliphatic carbocycles. The van der Waals surface area contributed by atoms with Gasteiger partial charge in [-0.2, -0.15) is 0 Å². The highest BCUT2D eigenvalue weighted by molar-refractivity contribution is 6.31. The second kappa shape index (κ2) is 4.21. The van der Waals surface area contributed by atoms with Crippen molar-refractivity contribution in [3.8, 4) is 0 Å². The maximum absolute atomic E-state index is 11.8. The van der Waals surface area contributed by atoms with Gasteiger partial charge in [0.1, 0.15) is 0 Å². The fourth-order valence-electron chi connectivity index (χ4n) is 2.29. The maximum Gasteiger partial charge on any atom is 0.346 e. The molecule has 1 aliphatic heterocycles. The first-order chi connectivity index (χ1) is 9.20. The third kappa shape index (κ3) is 1.76. The van der Waals surface area contributed by atoms with Crippen LogP contribution in [0.25, 0.3) is 22.4 Å². The first kappa shape index (κ1) is 11.4. The van der Waals surface area contributed by atoms with Gasteiger partial charge in [-0.3, -0.25) is 0 Å². The number of rotatable bonds is 2. The Balaban J connectivity index is 2.38. The standard InChI is InChI=1S/C16H10O3/c1-2-10-7-8-11-5-3-4-6-12(11)15(10)13-9-14(17)19-16(13)18/h2-9H,1H2. The van der Waals surface area contributed by atoms with Gasteiger partial charge < -0.3 is 4.74 Å². The number of esters is 2. The number of fused-ring (bicyclic) bond motifs is 1. The molecule has 0 spiro atoms. The summed E-state index contributed by atoms with van der Waals surface area (Å²) in [4.78, 5) is 23.0. The first-order valence-electron chi connectivity index (χ1n) is 5.83. The monoisotopic (exact) mass is 250 g/mol. The zero-order valence-electron chi connectivity index (χ0n) is 10.1. The van der Waals surface area contributed by atoms with Crippen molar-refractivity contribution in [1.82, 2.24) is 0 Å². The summed E-state index contributed by atoms with van der Waals surface area (Å²) >= 11 is 0. The highest BCUT2D eigenvalue weighted by Crippen LogP contribution is 2.32. The van der Waals surface area contributed by atoms with E-state index in [-0.39, 0.29) is 5.57 Å². The summed E-state index contributed by atoms with van der Waals surface area (Å²) < 4.78 is 4.57. The quantitative estimate of drug-likeness (QED) is 0.608. The van der Waals surface area contributed by atoms with Gasteiger partial charge in [0, 0.05) is 11.6 Å². The van der Waals surface area contributed by atoms with Crippen molar-refractivity contribution in [1.29, 1.82) is 0 Å². The summed E-state index contributed by atoms with van der Waals surface area (Å²) in [5.41, 5.74) is 1.79. The lowest BCUT2D eigenvalue weighted by Gasteiger charge is -2.09. The number of cyclic esters (lactones) is 2. The Kier molecular flexibility index (Phi) is 2.53. The van der Waals surface area contributed by atoms with Crippen LogP contribution in [0.15, 0.2) is 49.1 Å². The Morgan fingerprint density at radius 3 is 2.53 bits per heavy atom. The number of ether oxygens (including phenoxy) is 1. The van der Waals surface area contributed by atoms with Crippen LogP contribution in [-0.4, -0.2) is 11.9 Å². The first-order valence-corrected chi connectivity index (χ1v) is 5.83. The van der Waals surface area contributed by atoms with Crippen molar-refractivity contribution < 1.29 is 14.3 Å². The predicted molar refractivity (Wildman–Crippen MR) is 73.1 cm³/mol. The lowest BCUT2D eigenvalue weighted by molar-refractivity contribution is -0.149. The maximum atomic E-state index is 11.8. The molecular weight excluding hydrogens is 240 g/mol. The zero-order valence-corrected chi connectivity index (χ0v) is 10.1. The predicted octanol–water partition coefficient (Wildman–Crippen LogP) is 2.95. The molecular formula is C16H10O3. The molecule has 1 heterocycles. The van der Waals surface area contributed by atoms with E-state index < -0.39 is 11.9 Å². The molecule has 0 unspecified atom stereocenters. The molecule has 2 aromatic rings. The average Bonchev–Trinajstić information content (AvgIpc) is 2.76. The molecule has 0 radical (unpaired) electrons. The summed E-state index contributed by atoms with van der Waals surface area (Å²) in [6.45, 7) is 3.75. The Hall–Kier alpha value is -2.68. The Bertz CT molecular complexity index is 754. The normalized spacial score (nSPS) is 14.4. The molecule has 2 aromatic carbocycles. The van der Waals surface area contributed by atoms with Gasteiger partial charge in [-0.1, -0.05) is 49.1 Å². The van der Waals surface area contributed by atoms with Crippen LogP contribution in [0.3, 0.4) is 0 Å². The highest BCUT2D eigenvalue weighted by Gasteiger charge is 2.27. The van der Waals surface area contributed by atoms with E-state index in [1.807, 2.05) is 36.4 Å². The summed E-state index contributed by atoms with van der Waals surface area (Å²) in [6, 6.07) is 11.5. The molecule has 0 amide bonds. The molecule has 0 saturated heterocycles. The SMILES string of the molecule is C=Cc1ccc2ccccc2c1C1=CC(=O)OC1=O. The number of benzene rings is 2. The fourth-order valence-corrected chi connectivity index (χ4v) is 2.29. The Morgan fingerprint density at radius 1 is 1.05 bits per heavy atom. The molecule has 19 heavy (non-hydrogen) atoms. The van der Waals surface area contributed by atoms with Crippen molar-refractivity contribution >= 4 is 34.4 Å².